The summed E-state index contributed by atoms with van der Waals surface area (Å²) < 4.78 is 29.8. The molecule has 176 valence electrons. The summed E-state index contributed by atoms with van der Waals surface area (Å²) in [5.41, 5.74) is 3.18. The Morgan fingerprint density at radius 3 is 2.39 bits per heavy atom. The fraction of sp³-hybridized carbons (Fsp3) is 0.375. The maximum Gasteiger partial charge on any atom is 0.387 e. The Kier molecular flexibility index (Phi) is 7.43. The molecule has 1 atom stereocenters. The number of aryl methyl sites for hydroxylation is 1. The molecule has 1 N–H and O–H groups in total. The van der Waals surface area contributed by atoms with E-state index in [-0.39, 0.29) is 17.7 Å². The molecule has 1 aromatic carbocycles. The number of likely N-dealkylation sites (N-methyl/N-ethyl adjacent to an activating group) is 1. The molecule has 0 radical (unpaired) electrons. The van der Waals surface area contributed by atoms with Gasteiger partial charge >= 0.3 is 6.61 Å². The predicted molar refractivity (Wildman–Crippen MR) is 130 cm³/mol. The second kappa shape index (κ2) is 10.3. The minimum Gasteiger partial charge on any atom is -0.435 e. The minimum absolute atomic E-state index is 0.108. The van der Waals surface area contributed by atoms with Crippen LogP contribution in [0.3, 0.4) is 0 Å². The topological polar surface area (TPSA) is 44.8 Å². The summed E-state index contributed by atoms with van der Waals surface area (Å²) in [6.45, 7) is 4.88. The van der Waals surface area contributed by atoms with E-state index >= 15 is 0 Å². The van der Waals surface area contributed by atoms with E-state index in [1.807, 2.05) is 29.6 Å². The fourth-order valence-corrected chi connectivity index (χ4v) is 5.82. The van der Waals surface area contributed by atoms with Gasteiger partial charge in [-0.05, 0) is 55.6 Å². The Balaban J connectivity index is 1.73. The molecule has 0 aliphatic carbocycles. The van der Waals surface area contributed by atoms with Gasteiger partial charge < -0.3 is 15.0 Å². The number of nitrogens with zero attached hydrogens (tertiary/aromatic N) is 2. The van der Waals surface area contributed by atoms with Crippen LogP contribution in [0.15, 0.2) is 41.8 Å². The number of thiophene rings is 2. The van der Waals surface area contributed by atoms with E-state index in [0.29, 0.717) is 4.88 Å². The van der Waals surface area contributed by atoms with Gasteiger partial charge in [0.15, 0.2) is 0 Å². The number of hydrogen-bond donors (Lipinski definition) is 1. The average molecular weight is 492 g/mol. The summed E-state index contributed by atoms with van der Waals surface area (Å²) in [6.07, 6.45) is 0. The van der Waals surface area contributed by atoms with E-state index in [4.69, 9.17) is 0 Å². The molecule has 3 heterocycles. The molecule has 1 amide bonds. The molecule has 9 heteroatoms. The van der Waals surface area contributed by atoms with Crippen molar-refractivity contribution in [2.75, 3.05) is 38.5 Å². The number of alkyl halides is 2. The van der Waals surface area contributed by atoms with Gasteiger partial charge in [-0.3, -0.25) is 9.69 Å². The first-order valence-electron chi connectivity index (χ1n) is 10.8. The van der Waals surface area contributed by atoms with Crippen LogP contribution in [0.25, 0.3) is 0 Å². The molecular weight excluding hydrogens is 464 g/mol. The lowest BCUT2D eigenvalue weighted by atomic mass is 9.94. The molecule has 0 spiro atoms. The Morgan fingerprint density at radius 2 is 1.79 bits per heavy atom. The molecule has 4 rings (SSSR count). The summed E-state index contributed by atoms with van der Waals surface area (Å²) in [6, 6.07) is 10.4. The molecule has 1 saturated heterocycles. The Bertz CT molecular complexity index is 1080. The van der Waals surface area contributed by atoms with Crippen LogP contribution in [-0.4, -0.2) is 55.5 Å². The summed E-state index contributed by atoms with van der Waals surface area (Å²) in [5, 5.41) is 5.86. The van der Waals surface area contributed by atoms with Crippen molar-refractivity contribution in [2.24, 2.45) is 0 Å². The van der Waals surface area contributed by atoms with Crippen molar-refractivity contribution in [1.29, 1.82) is 0 Å². The predicted octanol–water partition coefficient (Wildman–Crippen LogP) is 5.62. The van der Waals surface area contributed by atoms with Crippen molar-refractivity contribution >= 4 is 33.6 Å². The Hall–Kier alpha value is -2.33. The number of ether oxygens (including phenoxy) is 1. The number of hydrogen-bond acceptors (Lipinski definition) is 6. The highest BCUT2D eigenvalue weighted by Crippen LogP contribution is 2.43. The second-order valence-corrected chi connectivity index (χ2v) is 10.3. The van der Waals surface area contributed by atoms with Gasteiger partial charge in [0, 0.05) is 36.6 Å². The number of piperazine rings is 1. The highest BCUT2D eigenvalue weighted by Gasteiger charge is 2.31. The lowest BCUT2D eigenvalue weighted by Gasteiger charge is -2.39. The number of nitrogens with one attached hydrogen (secondary N) is 1. The SMILES string of the molecule is Cc1sc(NC(=O)c2cccs2)c(C(c2ccc(OC(F)F)cc2)N2CCN(C)CC2)c1C. The maximum atomic E-state index is 12.9. The van der Waals surface area contributed by atoms with E-state index in [9.17, 15) is 13.6 Å². The van der Waals surface area contributed by atoms with Gasteiger partial charge in [0.2, 0.25) is 0 Å². The largest absolute Gasteiger partial charge is 0.435 e. The van der Waals surface area contributed by atoms with Crippen molar-refractivity contribution in [3.63, 3.8) is 0 Å². The summed E-state index contributed by atoms with van der Waals surface area (Å²) in [7, 11) is 2.11. The molecule has 2 aromatic heterocycles. The van der Waals surface area contributed by atoms with Crippen molar-refractivity contribution < 1.29 is 18.3 Å². The summed E-state index contributed by atoms with van der Waals surface area (Å²) in [4.78, 5) is 19.4. The van der Waals surface area contributed by atoms with Gasteiger partial charge in [-0.25, -0.2) is 0 Å². The van der Waals surface area contributed by atoms with E-state index in [2.05, 4.69) is 40.7 Å². The van der Waals surface area contributed by atoms with Gasteiger partial charge in [-0.15, -0.1) is 22.7 Å². The normalized spacial score (nSPS) is 16.2. The number of anilines is 1. The number of carbonyl (C=O) groups excluding carboxylic acids is 1. The number of benzene rings is 1. The molecule has 0 saturated carbocycles. The molecule has 33 heavy (non-hydrogen) atoms. The highest BCUT2D eigenvalue weighted by molar-refractivity contribution is 7.17. The van der Waals surface area contributed by atoms with E-state index < -0.39 is 6.61 Å². The lowest BCUT2D eigenvalue weighted by Crippen LogP contribution is -2.46. The van der Waals surface area contributed by atoms with Crippen LogP contribution < -0.4 is 10.1 Å². The lowest BCUT2D eigenvalue weighted by molar-refractivity contribution is -0.0498. The van der Waals surface area contributed by atoms with Crippen LogP contribution in [0.5, 0.6) is 5.75 Å². The smallest absolute Gasteiger partial charge is 0.387 e. The van der Waals surface area contributed by atoms with Gasteiger partial charge in [0.05, 0.1) is 10.9 Å². The van der Waals surface area contributed by atoms with Crippen LogP contribution in [0.1, 0.15) is 37.3 Å². The molecule has 3 aromatic rings. The number of carbonyl (C=O) groups is 1. The average Bonchev–Trinajstić information content (AvgIpc) is 3.41. The first-order chi connectivity index (χ1) is 15.8. The van der Waals surface area contributed by atoms with E-state index in [0.717, 1.165) is 52.7 Å². The monoisotopic (exact) mass is 491 g/mol. The van der Waals surface area contributed by atoms with E-state index in [1.165, 1.54) is 11.3 Å². The molecule has 1 unspecified atom stereocenters. The van der Waals surface area contributed by atoms with Crippen LogP contribution >= 0.6 is 22.7 Å². The molecular formula is C24H27F2N3O2S2. The third-order valence-electron chi connectivity index (χ3n) is 6.00. The molecule has 1 aliphatic heterocycles. The van der Waals surface area contributed by atoms with Crippen molar-refractivity contribution in [2.45, 2.75) is 26.5 Å². The third-order valence-corrected chi connectivity index (χ3v) is 8.01. The minimum atomic E-state index is -2.86. The summed E-state index contributed by atoms with van der Waals surface area (Å²) in [5.74, 6) is 0.0145. The summed E-state index contributed by atoms with van der Waals surface area (Å²) >= 11 is 2.99. The van der Waals surface area contributed by atoms with Gasteiger partial charge in [-0.1, -0.05) is 18.2 Å². The van der Waals surface area contributed by atoms with E-state index in [1.54, 1.807) is 23.5 Å². The van der Waals surface area contributed by atoms with Gasteiger partial charge in [-0.2, -0.15) is 8.78 Å². The second-order valence-electron chi connectivity index (χ2n) is 8.15. The highest BCUT2D eigenvalue weighted by atomic mass is 32.1. The van der Waals surface area contributed by atoms with Crippen LogP contribution in [0, 0.1) is 13.8 Å². The van der Waals surface area contributed by atoms with Gasteiger partial charge in [0.25, 0.3) is 5.91 Å². The Morgan fingerprint density at radius 1 is 1.09 bits per heavy atom. The molecule has 5 nitrogen and oxygen atoms in total. The molecule has 0 bridgehead atoms. The zero-order valence-electron chi connectivity index (χ0n) is 18.8. The first-order valence-corrected chi connectivity index (χ1v) is 12.4. The number of amides is 1. The fourth-order valence-electron chi connectivity index (χ4n) is 4.11. The van der Waals surface area contributed by atoms with Crippen molar-refractivity contribution in [3.05, 3.63) is 68.2 Å². The van der Waals surface area contributed by atoms with Crippen LogP contribution in [-0.2, 0) is 0 Å². The van der Waals surface area contributed by atoms with Crippen molar-refractivity contribution in [1.82, 2.24) is 9.80 Å². The van der Waals surface area contributed by atoms with Gasteiger partial charge in [0.1, 0.15) is 10.8 Å². The third kappa shape index (κ3) is 5.43. The Labute approximate surface area is 200 Å². The first kappa shape index (κ1) is 23.8. The standard InChI is InChI=1S/C24H27F2N3O2S2/c1-15-16(2)33-23(27-22(30)19-5-4-14-32-19)20(15)21(29-12-10-28(3)11-13-29)17-6-8-18(9-7-17)31-24(25)26/h4-9,14,21,24H,10-13H2,1-3H3,(H,27,30). The quantitative estimate of drug-likeness (QED) is 0.466. The number of halogens is 2. The number of rotatable bonds is 7. The zero-order valence-corrected chi connectivity index (χ0v) is 20.4. The molecule has 1 aliphatic rings. The van der Waals surface area contributed by atoms with Crippen molar-refractivity contribution in [3.8, 4) is 5.75 Å². The van der Waals surface area contributed by atoms with Crippen LogP contribution in [0.4, 0.5) is 13.8 Å². The zero-order chi connectivity index (χ0) is 23.5. The molecule has 1 fully saturated rings. The maximum absolute atomic E-state index is 12.9. The van der Waals surface area contributed by atoms with Crippen LogP contribution in [0.2, 0.25) is 0 Å².